The highest BCUT2D eigenvalue weighted by molar-refractivity contribution is 9.08. The zero-order chi connectivity index (χ0) is 15.4. The first kappa shape index (κ1) is 16.7. The van der Waals surface area contributed by atoms with Gasteiger partial charge in [0.1, 0.15) is 12.4 Å². The number of rotatable bonds is 6. The summed E-state index contributed by atoms with van der Waals surface area (Å²) in [6.07, 6.45) is 0.812. The third-order valence-electron chi connectivity index (χ3n) is 3.23. The largest absolute Gasteiger partial charge is 0.487 e. The van der Waals surface area contributed by atoms with E-state index in [1.54, 1.807) is 0 Å². The zero-order valence-electron chi connectivity index (χ0n) is 12.0. The number of halogens is 3. The van der Waals surface area contributed by atoms with Gasteiger partial charge >= 0.3 is 0 Å². The van der Waals surface area contributed by atoms with Crippen molar-refractivity contribution in [3.8, 4) is 5.75 Å². The molecular formula is C15H17BrCl2N2O. The van der Waals surface area contributed by atoms with Crippen LogP contribution in [0.25, 0.3) is 0 Å². The highest BCUT2D eigenvalue weighted by atomic mass is 79.9. The fraction of sp³-hybridized carbons (Fsp3) is 0.400. The number of nitrogens with zero attached hydrogens (tertiary/aromatic N) is 2. The maximum absolute atomic E-state index is 6.38. The average molecular weight is 392 g/mol. The molecule has 0 N–H and O–H groups in total. The zero-order valence-corrected chi connectivity index (χ0v) is 15.1. The van der Waals surface area contributed by atoms with Crippen molar-refractivity contribution in [1.82, 2.24) is 9.78 Å². The molecule has 1 heterocycles. The SMILES string of the molecule is CCc1nn(CC)c(COc2ccc(Cl)cc2CBr)c1Cl. The van der Waals surface area contributed by atoms with Gasteiger partial charge in [-0.15, -0.1) is 0 Å². The molecule has 0 fully saturated rings. The molecule has 0 aliphatic rings. The van der Waals surface area contributed by atoms with Crippen LogP contribution in [0.2, 0.25) is 10.0 Å². The summed E-state index contributed by atoms with van der Waals surface area (Å²) in [7, 11) is 0. The molecule has 2 aromatic rings. The molecule has 2 rings (SSSR count). The van der Waals surface area contributed by atoms with Gasteiger partial charge in [0, 0.05) is 22.5 Å². The maximum Gasteiger partial charge on any atom is 0.131 e. The molecule has 0 bridgehead atoms. The molecule has 0 spiro atoms. The molecule has 0 atom stereocenters. The molecule has 0 unspecified atom stereocenters. The van der Waals surface area contributed by atoms with Gasteiger partial charge in [0.2, 0.25) is 0 Å². The van der Waals surface area contributed by atoms with Crippen molar-refractivity contribution in [2.75, 3.05) is 0 Å². The lowest BCUT2D eigenvalue weighted by atomic mass is 10.2. The van der Waals surface area contributed by atoms with Crippen LogP contribution in [0, 0.1) is 0 Å². The summed E-state index contributed by atoms with van der Waals surface area (Å²) >= 11 is 15.8. The van der Waals surface area contributed by atoms with E-state index < -0.39 is 0 Å². The fourth-order valence-electron chi connectivity index (χ4n) is 2.09. The van der Waals surface area contributed by atoms with Crippen LogP contribution in [-0.4, -0.2) is 9.78 Å². The molecule has 114 valence electrons. The van der Waals surface area contributed by atoms with Crippen molar-refractivity contribution in [1.29, 1.82) is 0 Å². The van der Waals surface area contributed by atoms with Gasteiger partial charge in [-0.25, -0.2) is 0 Å². The standard InChI is InChI=1S/C15H17BrCl2N2O/c1-3-12-15(18)13(20(4-2)19-12)9-21-14-6-5-11(17)7-10(14)8-16/h5-7H,3-4,8-9H2,1-2H3. The quantitative estimate of drug-likeness (QED) is 0.629. The Labute approximate surface area is 143 Å². The molecule has 21 heavy (non-hydrogen) atoms. The Morgan fingerprint density at radius 1 is 1.29 bits per heavy atom. The lowest BCUT2D eigenvalue weighted by Gasteiger charge is -2.11. The predicted molar refractivity (Wildman–Crippen MR) is 90.7 cm³/mol. The van der Waals surface area contributed by atoms with E-state index in [4.69, 9.17) is 27.9 Å². The summed E-state index contributed by atoms with van der Waals surface area (Å²) < 4.78 is 7.81. The summed E-state index contributed by atoms with van der Waals surface area (Å²) in [5.74, 6) is 0.800. The Bertz CT molecular complexity index is 628. The number of aryl methyl sites for hydroxylation is 2. The van der Waals surface area contributed by atoms with Crippen molar-refractivity contribution in [3.05, 3.63) is 45.2 Å². The molecular weight excluding hydrogens is 375 g/mol. The minimum absolute atomic E-state index is 0.390. The smallest absolute Gasteiger partial charge is 0.131 e. The van der Waals surface area contributed by atoms with Gasteiger partial charge in [0.15, 0.2) is 0 Å². The van der Waals surface area contributed by atoms with E-state index in [2.05, 4.69) is 21.0 Å². The minimum atomic E-state index is 0.390. The van der Waals surface area contributed by atoms with Gasteiger partial charge in [-0.05, 0) is 31.5 Å². The van der Waals surface area contributed by atoms with Crippen LogP contribution in [-0.2, 0) is 24.9 Å². The maximum atomic E-state index is 6.38. The molecule has 0 saturated carbocycles. The molecule has 1 aromatic carbocycles. The van der Waals surface area contributed by atoms with E-state index in [9.17, 15) is 0 Å². The van der Waals surface area contributed by atoms with E-state index in [-0.39, 0.29) is 0 Å². The van der Waals surface area contributed by atoms with E-state index in [1.807, 2.05) is 36.7 Å². The Balaban J connectivity index is 2.22. The number of hydrogen-bond acceptors (Lipinski definition) is 2. The van der Waals surface area contributed by atoms with Crippen LogP contribution in [0.4, 0.5) is 0 Å². The highest BCUT2D eigenvalue weighted by Gasteiger charge is 2.15. The third kappa shape index (κ3) is 3.74. The van der Waals surface area contributed by atoms with Crippen LogP contribution < -0.4 is 4.74 Å². The van der Waals surface area contributed by atoms with Crippen molar-refractivity contribution < 1.29 is 4.74 Å². The second-order valence-corrected chi connectivity index (χ2v) is 5.93. The Hall–Kier alpha value is -0.710. The minimum Gasteiger partial charge on any atom is -0.487 e. The van der Waals surface area contributed by atoms with Gasteiger partial charge in [-0.1, -0.05) is 46.1 Å². The topological polar surface area (TPSA) is 27.1 Å². The lowest BCUT2D eigenvalue weighted by Crippen LogP contribution is -2.07. The Morgan fingerprint density at radius 3 is 2.67 bits per heavy atom. The van der Waals surface area contributed by atoms with Crippen LogP contribution in [0.15, 0.2) is 18.2 Å². The molecule has 0 saturated heterocycles. The van der Waals surface area contributed by atoms with Gasteiger partial charge in [-0.3, -0.25) is 4.68 Å². The lowest BCUT2D eigenvalue weighted by molar-refractivity contribution is 0.290. The second-order valence-electron chi connectivity index (χ2n) is 4.55. The normalized spacial score (nSPS) is 10.9. The highest BCUT2D eigenvalue weighted by Crippen LogP contribution is 2.28. The van der Waals surface area contributed by atoms with Crippen LogP contribution in [0.1, 0.15) is 30.8 Å². The second kappa shape index (κ2) is 7.52. The molecule has 3 nitrogen and oxygen atoms in total. The summed E-state index contributed by atoms with van der Waals surface area (Å²) in [5.41, 5.74) is 2.83. The molecule has 0 radical (unpaired) electrons. The number of benzene rings is 1. The summed E-state index contributed by atoms with van der Waals surface area (Å²) in [6, 6.07) is 5.58. The van der Waals surface area contributed by atoms with Gasteiger partial charge in [-0.2, -0.15) is 5.10 Å². The first-order valence-corrected chi connectivity index (χ1v) is 8.69. The van der Waals surface area contributed by atoms with E-state index in [1.165, 1.54) is 0 Å². The molecule has 0 amide bonds. The number of hydrogen-bond donors (Lipinski definition) is 0. The fourth-order valence-corrected chi connectivity index (χ4v) is 3.05. The molecule has 1 aromatic heterocycles. The van der Waals surface area contributed by atoms with Crippen molar-refractivity contribution >= 4 is 39.1 Å². The third-order valence-corrected chi connectivity index (χ3v) is 4.50. The monoisotopic (exact) mass is 390 g/mol. The van der Waals surface area contributed by atoms with Crippen molar-refractivity contribution in [2.45, 2.75) is 38.8 Å². The van der Waals surface area contributed by atoms with Crippen LogP contribution in [0.5, 0.6) is 5.75 Å². The van der Waals surface area contributed by atoms with Gasteiger partial charge < -0.3 is 4.74 Å². The number of aromatic nitrogens is 2. The molecule has 6 heteroatoms. The molecule has 0 aliphatic carbocycles. The van der Waals surface area contributed by atoms with E-state index in [0.717, 1.165) is 35.7 Å². The average Bonchev–Trinajstić information content (AvgIpc) is 2.81. The summed E-state index contributed by atoms with van der Waals surface area (Å²) in [6.45, 7) is 5.24. The first-order valence-electron chi connectivity index (χ1n) is 6.81. The van der Waals surface area contributed by atoms with Crippen LogP contribution >= 0.6 is 39.1 Å². The Kier molecular flexibility index (Phi) is 5.97. The van der Waals surface area contributed by atoms with Gasteiger partial charge in [0.05, 0.1) is 16.4 Å². The first-order chi connectivity index (χ1) is 10.1. The Morgan fingerprint density at radius 2 is 2.05 bits per heavy atom. The number of alkyl halides is 1. The summed E-state index contributed by atoms with van der Waals surface area (Å²) in [5, 5.41) is 6.57. The summed E-state index contributed by atoms with van der Waals surface area (Å²) in [4.78, 5) is 0. The van der Waals surface area contributed by atoms with Crippen molar-refractivity contribution in [2.24, 2.45) is 0 Å². The van der Waals surface area contributed by atoms with Crippen molar-refractivity contribution in [3.63, 3.8) is 0 Å². The van der Waals surface area contributed by atoms with E-state index in [0.29, 0.717) is 22.0 Å². The van der Waals surface area contributed by atoms with Gasteiger partial charge in [0.25, 0.3) is 0 Å². The molecule has 0 aliphatic heterocycles. The number of ether oxygens (including phenoxy) is 1. The van der Waals surface area contributed by atoms with Crippen LogP contribution in [0.3, 0.4) is 0 Å². The van der Waals surface area contributed by atoms with E-state index >= 15 is 0 Å². The predicted octanol–water partition coefficient (Wildman–Crippen LogP) is 5.25.